The number of carbonyl (C=O) groups is 1. The predicted molar refractivity (Wildman–Crippen MR) is 101 cm³/mol. The van der Waals surface area contributed by atoms with E-state index in [1.165, 1.54) is 6.07 Å². The van der Waals surface area contributed by atoms with Gasteiger partial charge in [0.25, 0.3) is 5.91 Å². The van der Waals surface area contributed by atoms with Gasteiger partial charge in [0.15, 0.2) is 0 Å². The molecule has 3 rings (SSSR count). The lowest BCUT2D eigenvalue weighted by Gasteiger charge is -2.06. The Kier molecular flexibility index (Phi) is 5.22. The van der Waals surface area contributed by atoms with Gasteiger partial charge in [-0.1, -0.05) is 41.1 Å². The first-order valence-corrected chi connectivity index (χ1v) is 9.95. The molecule has 27 heavy (non-hydrogen) atoms. The first-order valence-electron chi connectivity index (χ1n) is 8.06. The SMILES string of the molecule is Cc1ccc(-c2noc(CNC(=O)c3cccc(NS(C)(=O)=O)c3)n2)cc1. The zero-order chi connectivity index (χ0) is 19.4. The first-order chi connectivity index (χ1) is 12.8. The van der Waals surface area contributed by atoms with Crippen LogP contribution in [0.5, 0.6) is 0 Å². The van der Waals surface area contributed by atoms with Crippen molar-refractivity contribution in [3.8, 4) is 11.4 Å². The number of sulfonamides is 1. The van der Waals surface area contributed by atoms with Gasteiger partial charge in [-0.3, -0.25) is 9.52 Å². The second-order valence-corrected chi connectivity index (χ2v) is 7.76. The van der Waals surface area contributed by atoms with Gasteiger partial charge in [0, 0.05) is 16.8 Å². The average molecular weight is 386 g/mol. The smallest absolute Gasteiger partial charge is 0.251 e. The third kappa shape index (κ3) is 5.14. The molecule has 0 spiro atoms. The minimum absolute atomic E-state index is 0.0570. The van der Waals surface area contributed by atoms with Crippen LogP contribution in [0.2, 0.25) is 0 Å². The van der Waals surface area contributed by atoms with Crippen LogP contribution in [0.3, 0.4) is 0 Å². The van der Waals surface area contributed by atoms with Crippen LogP contribution in [0.4, 0.5) is 5.69 Å². The minimum atomic E-state index is -3.42. The maximum Gasteiger partial charge on any atom is 0.251 e. The number of carbonyl (C=O) groups excluding carboxylic acids is 1. The molecule has 0 radical (unpaired) electrons. The summed E-state index contributed by atoms with van der Waals surface area (Å²) >= 11 is 0. The summed E-state index contributed by atoms with van der Waals surface area (Å²) in [6, 6.07) is 13.9. The lowest BCUT2D eigenvalue weighted by molar-refractivity contribution is 0.0946. The summed E-state index contributed by atoms with van der Waals surface area (Å²) in [7, 11) is -3.42. The van der Waals surface area contributed by atoms with Crippen molar-refractivity contribution in [2.24, 2.45) is 0 Å². The molecule has 1 heterocycles. The molecule has 0 saturated carbocycles. The van der Waals surface area contributed by atoms with Gasteiger partial charge in [0.2, 0.25) is 21.7 Å². The van der Waals surface area contributed by atoms with Crippen molar-refractivity contribution in [1.29, 1.82) is 0 Å². The number of hydrogen-bond donors (Lipinski definition) is 2. The zero-order valence-corrected chi connectivity index (χ0v) is 15.6. The molecule has 0 atom stereocenters. The van der Waals surface area contributed by atoms with E-state index in [2.05, 4.69) is 20.2 Å². The highest BCUT2D eigenvalue weighted by molar-refractivity contribution is 7.92. The van der Waals surface area contributed by atoms with Crippen molar-refractivity contribution in [2.75, 3.05) is 11.0 Å². The number of rotatable bonds is 6. The van der Waals surface area contributed by atoms with Crippen LogP contribution in [0.15, 0.2) is 53.1 Å². The highest BCUT2D eigenvalue weighted by Crippen LogP contribution is 2.16. The molecule has 2 N–H and O–H groups in total. The van der Waals surface area contributed by atoms with Crippen LogP contribution in [0, 0.1) is 6.92 Å². The first kappa shape index (κ1) is 18.6. The molecule has 0 unspecified atom stereocenters. The van der Waals surface area contributed by atoms with Crippen molar-refractivity contribution in [3.05, 3.63) is 65.5 Å². The van der Waals surface area contributed by atoms with E-state index in [-0.39, 0.29) is 18.3 Å². The van der Waals surface area contributed by atoms with Gasteiger partial charge >= 0.3 is 0 Å². The van der Waals surface area contributed by atoms with Crippen molar-refractivity contribution < 1.29 is 17.7 Å². The van der Waals surface area contributed by atoms with Gasteiger partial charge in [0.1, 0.15) is 0 Å². The number of hydrogen-bond acceptors (Lipinski definition) is 6. The molecule has 0 aliphatic carbocycles. The molecule has 0 aliphatic heterocycles. The predicted octanol–water partition coefficient (Wildman–Crippen LogP) is 2.35. The van der Waals surface area contributed by atoms with Crippen molar-refractivity contribution in [2.45, 2.75) is 13.5 Å². The minimum Gasteiger partial charge on any atom is -0.343 e. The van der Waals surface area contributed by atoms with E-state index < -0.39 is 10.0 Å². The maximum absolute atomic E-state index is 12.3. The van der Waals surface area contributed by atoms with Crippen LogP contribution < -0.4 is 10.0 Å². The van der Waals surface area contributed by atoms with Crippen molar-refractivity contribution in [3.63, 3.8) is 0 Å². The second kappa shape index (κ2) is 7.58. The van der Waals surface area contributed by atoms with Gasteiger partial charge in [-0.05, 0) is 25.1 Å². The van der Waals surface area contributed by atoms with Gasteiger partial charge in [-0.2, -0.15) is 4.98 Å². The topological polar surface area (TPSA) is 114 Å². The van der Waals surface area contributed by atoms with Crippen LogP contribution in [-0.4, -0.2) is 30.7 Å². The Morgan fingerprint density at radius 1 is 1.15 bits per heavy atom. The summed E-state index contributed by atoms with van der Waals surface area (Å²) in [6.45, 7) is 2.04. The van der Waals surface area contributed by atoms with Gasteiger partial charge in [-0.25, -0.2) is 8.42 Å². The van der Waals surface area contributed by atoms with Crippen LogP contribution in [0.1, 0.15) is 21.8 Å². The summed E-state index contributed by atoms with van der Waals surface area (Å²) < 4.78 is 30.1. The summed E-state index contributed by atoms with van der Waals surface area (Å²) in [4.78, 5) is 16.5. The quantitative estimate of drug-likeness (QED) is 0.672. The van der Waals surface area contributed by atoms with Gasteiger partial charge < -0.3 is 9.84 Å². The molecule has 1 aromatic heterocycles. The third-order valence-corrected chi connectivity index (χ3v) is 4.21. The number of aryl methyl sites for hydroxylation is 1. The van der Waals surface area contributed by atoms with E-state index in [1.807, 2.05) is 31.2 Å². The molecule has 140 valence electrons. The van der Waals surface area contributed by atoms with E-state index in [0.717, 1.165) is 17.4 Å². The van der Waals surface area contributed by atoms with E-state index in [9.17, 15) is 13.2 Å². The number of nitrogens with one attached hydrogen (secondary N) is 2. The third-order valence-electron chi connectivity index (χ3n) is 3.61. The van der Waals surface area contributed by atoms with E-state index in [1.54, 1.807) is 18.2 Å². The number of anilines is 1. The Balaban J connectivity index is 1.64. The Morgan fingerprint density at radius 2 is 1.89 bits per heavy atom. The molecule has 2 aromatic carbocycles. The van der Waals surface area contributed by atoms with Crippen LogP contribution >= 0.6 is 0 Å². The van der Waals surface area contributed by atoms with Crippen LogP contribution in [0.25, 0.3) is 11.4 Å². The Bertz CT molecular complexity index is 1060. The van der Waals surface area contributed by atoms with Gasteiger partial charge in [0.05, 0.1) is 12.8 Å². The molecule has 3 aromatic rings. The number of amides is 1. The fraction of sp³-hybridized carbons (Fsp3) is 0.167. The lowest BCUT2D eigenvalue weighted by atomic mass is 10.1. The number of aromatic nitrogens is 2. The lowest BCUT2D eigenvalue weighted by Crippen LogP contribution is -2.23. The molecule has 9 heteroatoms. The van der Waals surface area contributed by atoms with E-state index in [0.29, 0.717) is 17.1 Å². The molecule has 8 nitrogen and oxygen atoms in total. The maximum atomic E-state index is 12.3. The summed E-state index contributed by atoms with van der Waals surface area (Å²) in [5, 5.41) is 6.57. The Labute approximate surface area is 156 Å². The van der Waals surface area contributed by atoms with E-state index >= 15 is 0 Å². The summed E-state index contributed by atoms with van der Waals surface area (Å²) in [6.07, 6.45) is 1.04. The number of benzene rings is 2. The van der Waals surface area contributed by atoms with Crippen molar-refractivity contribution in [1.82, 2.24) is 15.5 Å². The monoisotopic (exact) mass is 386 g/mol. The second-order valence-electron chi connectivity index (χ2n) is 6.02. The molecule has 0 aliphatic rings. The van der Waals surface area contributed by atoms with E-state index in [4.69, 9.17) is 4.52 Å². The Morgan fingerprint density at radius 3 is 2.59 bits per heavy atom. The largest absolute Gasteiger partial charge is 0.343 e. The molecular weight excluding hydrogens is 368 g/mol. The molecular formula is C18H18N4O4S. The van der Waals surface area contributed by atoms with Crippen LogP contribution in [-0.2, 0) is 16.6 Å². The van der Waals surface area contributed by atoms with Gasteiger partial charge in [-0.15, -0.1) is 0 Å². The molecule has 0 bridgehead atoms. The fourth-order valence-electron chi connectivity index (χ4n) is 2.34. The number of nitrogens with zero attached hydrogens (tertiary/aromatic N) is 2. The summed E-state index contributed by atoms with van der Waals surface area (Å²) in [5.41, 5.74) is 2.57. The zero-order valence-electron chi connectivity index (χ0n) is 14.8. The highest BCUT2D eigenvalue weighted by Gasteiger charge is 2.12. The standard InChI is InChI=1S/C18H18N4O4S/c1-12-6-8-13(9-7-12)17-20-16(26-21-17)11-19-18(23)14-4-3-5-15(10-14)22-27(2,24)25/h3-10,22H,11H2,1-2H3,(H,19,23). The average Bonchev–Trinajstić information content (AvgIpc) is 3.08. The Hall–Kier alpha value is -3.20. The van der Waals surface area contributed by atoms with Crippen molar-refractivity contribution >= 4 is 21.6 Å². The molecule has 0 saturated heterocycles. The normalized spacial score (nSPS) is 11.2. The molecule has 0 fully saturated rings. The molecule has 1 amide bonds. The summed E-state index contributed by atoms with van der Waals surface area (Å²) in [5.74, 6) is 0.324. The fourth-order valence-corrected chi connectivity index (χ4v) is 2.90. The highest BCUT2D eigenvalue weighted by atomic mass is 32.2.